The van der Waals surface area contributed by atoms with Gasteiger partial charge in [0, 0.05) is 5.41 Å². The summed E-state index contributed by atoms with van der Waals surface area (Å²) in [5.41, 5.74) is 10.9. The fourth-order valence-corrected chi connectivity index (χ4v) is 5.71. The van der Waals surface area contributed by atoms with Gasteiger partial charge in [-0.15, -0.1) is 0 Å². The zero-order chi connectivity index (χ0) is 21.3. The summed E-state index contributed by atoms with van der Waals surface area (Å²) in [6.07, 6.45) is 0. The Labute approximate surface area is 184 Å². The predicted molar refractivity (Wildman–Crippen MR) is 134 cm³/mol. The van der Waals surface area contributed by atoms with E-state index >= 15 is 0 Å². The van der Waals surface area contributed by atoms with E-state index in [0.29, 0.717) is 0 Å². The fourth-order valence-electron chi connectivity index (χ4n) is 5.71. The van der Waals surface area contributed by atoms with Crippen LogP contribution in [0.3, 0.4) is 0 Å². The van der Waals surface area contributed by atoms with Crippen LogP contribution in [0.2, 0.25) is 0 Å². The van der Waals surface area contributed by atoms with Crippen molar-refractivity contribution < 1.29 is 0 Å². The molecule has 0 saturated heterocycles. The smallest absolute Gasteiger partial charge is 0.0159 e. The van der Waals surface area contributed by atoms with E-state index < -0.39 is 0 Å². The van der Waals surface area contributed by atoms with Crippen molar-refractivity contribution in [2.45, 2.75) is 33.1 Å². The maximum atomic E-state index is 2.47. The van der Waals surface area contributed by atoms with Gasteiger partial charge in [-0.2, -0.15) is 0 Å². The molecule has 0 bridgehead atoms. The zero-order valence-electron chi connectivity index (χ0n) is 18.6. The van der Waals surface area contributed by atoms with E-state index in [-0.39, 0.29) is 5.41 Å². The van der Waals surface area contributed by atoms with E-state index in [1.807, 2.05) is 0 Å². The van der Waals surface area contributed by atoms with Gasteiger partial charge in [0.2, 0.25) is 0 Å². The van der Waals surface area contributed by atoms with Crippen LogP contribution in [0, 0.1) is 13.8 Å². The van der Waals surface area contributed by atoms with E-state index in [0.717, 1.165) is 0 Å². The molecule has 5 aromatic rings. The predicted octanol–water partition coefficient (Wildman–Crippen LogP) is 8.58. The zero-order valence-corrected chi connectivity index (χ0v) is 18.6. The second kappa shape index (κ2) is 6.31. The van der Waals surface area contributed by atoms with E-state index in [2.05, 4.69) is 113 Å². The molecule has 0 N–H and O–H groups in total. The molecule has 0 heteroatoms. The van der Waals surface area contributed by atoms with Crippen LogP contribution in [0.5, 0.6) is 0 Å². The number of benzene rings is 5. The number of rotatable bonds is 1. The molecule has 0 spiro atoms. The molecule has 0 unspecified atom stereocenters. The first-order valence-corrected chi connectivity index (χ1v) is 11.1. The van der Waals surface area contributed by atoms with Crippen molar-refractivity contribution in [3.8, 4) is 22.3 Å². The van der Waals surface area contributed by atoms with Gasteiger partial charge in [-0.05, 0) is 74.8 Å². The standard InChI is InChI=1S/C31H26/c1-19-15-20(2)17-22(16-19)26-18-28-30(25-12-8-7-11-24(25)26)29-23-10-6-5-9-21(23)13-14-27(29)31(28,3)4/h5-18H,1-4H3. The SMILES string of the molecule is Cc1cc(C)cc(-c2cc3c(c4ccccc24)-c2c(ccc4ccccc24)C3(C)C)c1. The Balaban J connectivity index is 1.79. The minimum Gasteiger partial charge on any atom is -0.0616 e. The molecule has 6 rings (SSSR count). The van der Waals surface area contributed by atoms with Crippen LogP contribution < -0.4 is 0 Å². The summed E-state index contributed by atoms with van der Waals surface area (Å²) in [7, 11) is 0. The molecule has 0 amide bonds. The Morgan fingerprint density at radius 3 is 1.90 bits per heavy atom. The summed E-state index contributed by atoms with van der Waals surface area (Å²) in [6.45, 7) is 9.15. The van der Waals surface area contributed by atoms with Gasteiger partial charge in [0.1, 0.15) is 0 Å². The van der Waals surface area contributed by atoms with Gasteiger partial charge >= 0.3 is 0 Å². The molecular formula is C31H26. The molecule has 0 atom stereocenters. The number of aryl methyl sites for hydroxylation is 2. The second-order valence-corrected chi connectivity index (χ2v) is 9.60. The van der Waals surface area contributed by atoms with E-state index in [1.165, 1.54) is 66.1 Å². The van der Waals surface area contributed by atoms with Crippen LogP contribution in [-0.4, -0.2) is 0 Å². The lowest BCUT2D eigenvalue weighted by Gasteiger charge is -2.23. The first-order chi connectivity index (χ1) is 14.9. The van der Waals surface area contributed by atoms with Gasteiger partial charge in [0.25, 0.3) is 0 Å². The van der Waals surface area contributed by atoms with Gasteiger partial charge in [-0.1, -0.05) is 104 Å². The van der Waals surface area contributed by atoms with E-state index in [1.54, 1.807) is 0 Å². The Hall–Kier alpha value is -3.38. The lowest BCUT2D eigenvalue weighted by Crippen LogP contribution is -2.15. The molecule has 0 nitrogen and oxygen atoms in total. The van der Waals surface area contributed by atoms with Crippen LogP contribution >= 0.6 is 0 Å². The molecule has 0 aliphatic heterocycles. The first-order valence-electron chi connectivity index (χ1n) is 11.1. The summed E-state index contributed by atoms with van der Waals surface area (Å²) in [5.74, 6) is 0. The topological polar surface area (TPSA) is 0 Å². The minimum atomic E-state index is -0.0354. The Bertz CT molecular complexity index is 1490. The average molecular weight is 399 g/mol. The minimum absolute atomic E-state index is 0.0354. The van der Waals surface area contributed by atoms with E-state index in [9.17, 15) is 0 Å². The van der Waals surface area contributed by atoms with Crippen molar-refractivity contribution >= 4 is 21.5 Å². The molecule has 0 aromatic heterocycles. The highest BCUT2D eigenvalue weighted by Gasteiger charge is 2.38. The Kier molecular flexibility index (Phi) is 3.74. The molecule has 0 radical (unpaired) electrons. The number of hydrogen-bond donors (Lipinski definition) is 0. The molecule has 0 heterocycles. The van der Waals surface area contributed by atoms with Crippen molar-refractivity contribution in [1.82, 2.24) is 0 Å². The highest BCUT2D eigenvalue weighted by molar-refractivity contribution is 6.14. The number of fused-ring (bicyclic) bond motifs is 7. The molecule has 0 saturated carbocycles. The molecule has 0 fully saturated rings. The van der Waals surface area contributed by atoms with Crippen molar-refractivity contribution in [3.05, 3.63) is 107 Å². The monoisotopic (exact) mass is 398 g/mol. The first kappa shape index (κ1) is 18.4. The summed E-state index contributed by atoms with van der Waals surface area (Å²) in [6, 6.07) is 31.8. The van der Waals surface area contributed by atoms with Gasteiger partial charge in [-0.25, -0.2) is 0 Å². The summed E-state index contributed by atoms with van der Waals surface area (Å²) < 4.78 is 0. The third-order valence-corrected chi connectivity index (χ3v) is 7.10. The van der Waals surface area contributed by atoms with Crippen LogP contribution in [0.15, 0.2) is 84.9 Å². The summed E-state index contributed by atoms with van der Waals surface area (Å²) >= 11 is 0. The molecular weight excluding hydrogens is 372 g/mol. The lowest BCUT2D eigenvalue weighted by molar-refractivity contribution is 0.661. The normalized spacial score (nSPS) is 14.1. The number of hydrogen-bond acceptors (Lipinski definition) is 0. The van der Waals surface area contributed by atoms with Crippen molar-refractivity contribution in [1.29, 1.82) is 0 Å². The van der Waals surface area contributed by atoms with Crippen molar-refractivity contribution in [2.24, 2.45) is 0 Å². The molecule has 5 aromatic carbocycles. The third kappa shape index (κ3) is 2.55. The quantitative estimate of drug-likeness (QED) is 0.265. The van der Waals surface area contributed by atoms with Gasteiger partial charge < -0.3 is 0 Å². The van der Waals surface area contributed by atoms with Gasteiger partial charge in [0.15, 0.2) is 0 Å². The summed E-state index contributed by atoms with van der Waals surface area (Å²) in [5, 5.41) is 5.36. The van der Waals surface area contributed by atoms with Gasteiger partial charge in [0.05, 0.1) is 0 Å². The lowest BCUT2D eigenvalue weighted by atomic mass is 9.80. The maximum absolute atomic E-state index is 2.47. The van der Waals surface area contributed by atoms with E-state index in [4.69, 9.17) is 0 Å². The molecule has 150 valence electrons. The van der Waals surface area contributed by atoms with Crippen LogP contribution in [0.25, 0.3) is 43.8 Å². The average Bonchev–Trinajstić information content (AvgIpc) is 3.00. The largest absolute Gasteiger partial charge is 0.0616 e. The molecule has 1 aliphatic rings. The molecule has 1 aliphatic carbocycles. The van der Waals surface area contributed by atoms with Gasteiger partial charge in [-0.3, -0.25) is 0 Å². The highest BCUT2D eigenvalue weighted by Crippen LogP contribution is 2.55. The fraction of sp³-hybridized carbons (Fsp3) is 0.161. The highest BCUT2D eigenvalue weighted by atomic mass is 14.4. The van der Waals surface area contributed by atoms with Crippen LogP contribution in [-0.2, 0) is 5.41 Å². The maximum Gasteiger partial charge on any atom is 0.0159 e. The Morgan fingerprint density at radius 1 is 0.548 bits per heavy atom. The van der Waals surface area contributed by atoms with Crippen LogP contribution in [0.4, 0.5) is 0 Å². The van der Waals surface area contributed by atoms with Crippen molar-refractivity contribution in [3.63, 3.8) is 0 Å². The van der Waals surface area contributed by atoms with Crippen molar-refractivity contribution in [2.75, 3.05) is 0 Å². The Morgan fingerprint density at radius 2 is 1.16 bits per heavy atom. The second-order valence-electron chi connectivity index (χ2n) is 9.60. The third-order valence-electron chi connectivity index (χ3n) is 7.10. The van der Waals surface area contributed by atoms with Crippen LogP contribution in [0.1, 0.15) is 36.1 Å². The summed E-state index contributed by atoms with van der Waals surface area (Å²) in [4.78, 5) is 0. The molecule has 31 heavy (non-hydrogen) atoms.